The molecule has 0 saturated heterocycles. The lowest BCUT2D eigenvalue weighted by Crippen LogP contribution is -2.41. The quantitative estimate of drug-likeness (QED) is 0.887. The molecule has 0 spiro atoms. The molecule has 0 radical (unpaired) electrons. The van der Waals surface area contributed by atoms with Crippen molar-refractivity contribution in [3.63, 3.8) is 0 Å². The molecule has 2 aromatic rings. The van der Waals surface area contributed by atoms with Crippen LogP contribution >= 0.6 is 12.4 Å². The minimum Gasteiger partial charge on any atom is -0.320 e. The molecule has 0 aliphatic heterocycles. The predicted molar refractivity (Wildman–Crippen MR) is 93.5 cm³/mol. The van der Waals surface area contributed by atoms with Gasteiger partial charge in [-0.25, -0.2) is 4.98 Å². The second-order valence-corrected chi connectivity index (χ2v) is 5.57. The average molecular weight is 325 g/mol. The van der Waals surface area contributed by atoms with Crippen molar-refractivity contribution < 1.29 is 4.79 Å². The summed E-state index contributed by atoms with van der Waals surface area (Å²) in [5.41, 5.74) is 9.05. The van der Waals surface area contributed by atoms with Gasteiger partial charge in [0.1, 0.15) is 0 Å². The highest BCUT2D eigenvalue weighted by molar-refractivity contribution is 5.95. The molecule has 0 bridgehead atoms. The van der Waals surface area contributed by atoms with Crippen molar-refractivity contribution in [1.29, 1.82) is 0 Å². The van der Waals surface area contributed by atoms with Gasteiger partial charge in [-0.15, -0.1) is 12.4 Å². The highest BCUT2D eigenvalue weighted by atomic mass is 35.5. The molecule has 2 rings (SSSR count). The van der Waals surface area contributed by atoms with Gasteiger partial charge in [0.25, 0.3) is 0 Å². The number of aromatic nitrogens is 2. The summed E-state index contributed by atoms with van der Waals surface area (Å²) in [6, 6.07) is 5.59. The first kappa shape index (κ1) is 18.5. The lowest BCUT2D eigenvalue weighted by Gasteiger charge is -2.17. The Morgan fingerprint density at radius 1 is 1.41 bits per heavy atom. The van der Waals surface area contributed by atoms with E-state index in [9.17, 15) is 4.79 Å². The van der Waals surface area contributed by atoms with E-state index < -0.39 is 6.04 Å². The van der Waals surface area contributed by atoms with Gasteiger partial charge in [0, 0.05) is 6.54 Å². The van der Waals surface area contributed by atoms with Crippen LogP contribution in [-0.4, -0.2) is 21.5 Å². The highest BCUT2D eigenvalue weighted by Gasteiger charge is 2.21. The zero-order chi connectivity index (χ0) is 15.6. The van der Waals surface area contributed by atoms with Crippen LogP contribution in [0.2, 0.25) is 0 Å². The number of halogens is 1. The molecular formula is C16H25ClN4O. The molecule has 122 valence electrons. The summed E-state index contributed by atoms with van der Waals surface area (Å²) in [7, 11) is 0. The van der Waals surface area contributed by atoms with Crippen molar-refractivity contribution in [2.45, 2.75) is 46.7 Å². The average Bonchev–Trinajstić information content (AvgIpc) is 2.81. The van der Waals surface area contributed by atoms with Gasteiger partial charge >= 0.3 is 0 Å². The van der Waals surface area contributed by atoms with E-state index in [0.29, 0.717) is 5.95 Å². The van der Waals surface area contributed by atoms with E-state index in [-0.39, 0.29) is 24.2 Å². The fraction of sp³-hybridized carbons (Fsp3) is 0.500. The summed E-state index contributed by atoms with van der Waals surface area (Å²) in [5, 5.41) is 2.87. The van der Waals surface area contributed by atoms with Gasteiger partial charge < -0.3 is 10.3 Å². The predicted octanol–water partition coefficient (Wildman–Crippen LogP) is 3.10. The molecule has 6 heteroatoms. The Labute approximate surface area is 137 Å². The van der Waals surface area contributed by atoms with Crippen molar-refractivity contribution in [1.82, 2.24) is 9.55 Å². The third kappa shape index (κ3) is 3.59. The second kappa shape index (κ2) is 7.61. The lowest BCUT2D eigenvalue weighted by atomic mass is 10.00. The van der Waals surface area contributed by atoms with E-state index in [1.807, 2.05) is 50.5 Å². The maximum Gasteiger partial charge on any atom is 0.243 e. The molecule has 0 fully saturated rings. The smallest absolute Gasteiger partial charge is 0.243 e. The number of amides is 1. The first-order valence-corrected chi connectivity index (χ1v) is 7.51. The number of nitrogens with two attached hydrogens (primary N) is 1. The Balaban J connectivity index is 0.00000242. The van der Waals surface area contributed by atoms with Crippen LogP contribution in [0.5, 0.6) is 0 Å². The molecule has 1 aromatic heterocycles. The topological polar surface area (TPSA) is 72.9 Å². The van der Waals surface area contributed by atoms with E-state index in [1.165, 1.54) is 0 Å². The standard InChI is InChI=1S/C16H24N4O.ClH/c1-5-11(4)14(17)15(21)19-16-18-12-9-10(3)7-8-13(12)20(16)6-2;/h7-9,11,14H,5-6,17H2,1-4H3,(H,18,19,21);1H. The van der Waals surface area contributed by atoms with Crippen LogP contribution < -0.4 is 11.1 Å². The molecule has 3 N–H and O–H groups in total. The highest BCUT2D eigenvalue weighted by Crippen LogP contribution is 2.21. The number of fused-ring (bicyclic) bond motifs is 1. The van der Waals surface area contributed by atoms with Crippen LogP contribution in [-0.2, 0) is 11.3 Å². The van der Waals surface area contributed by atoms with Crippen molar-refractivity contribution in [2.24, 2.45) is 11.7 Å². The van der Waals surface area contributed by atoms with Crippen LogP contribution in [0, 0.1) is 12.8 Å². The molecule has 22 heavy (non-hydrogen) atoms. The Bertz CT molecular complexity index is 653. The SMILES string of the molecule is CCC(C)C(N)C(=O)Nc1nc2cc(C)ccc2n1CC.Cl. The summed E-state index contributed by atoms with van der Waals surface area (Å²) in [5.74, 6) is 0.541. The zero-order valence-corrected chi connectivity index (χ0v) is 14.4. The first-order valence-electron chi connectivity index (χ1n) is 7.51. The number of nitrogens with one attached hydrogen (secondary N) is 1. The zero-order valence-electron chi connectivity index (χ0n) is 13.6. The number of rotatable bonds is 5. The third-order valence-electron chi connectivity index (χ3n) is 4.01. The van der Waals surface area contributed by atoms with Crippen LogP contribution in [0.4, 0.5) is 5.95 Å². The van der Waals surface area contributed by atoms with Gasteiger partial charge in [0.15, 0.2) is 0 Å². The molecule has 1 amide bonds. The summed E-state index contributed by atoms with van der Waals surface area (Å²) < 4.78 is 2.00. The van der Waals surface area contributed by atoms with E-state index in [4.69, 9.17) is 5.73 Å². The minimum absolute atomic E-state index is 0. The molecule has 2 unspecified atom stereocenters. The molecular weight excluding hydrogens is 300 g/mol. The monoisotopic (exact) mass is 324 g/mol. The minimum atomic E-state index is -0.512. The van der Waals surface area contributed by atoms with Crippen LogP contribution in [0.1, 0.15) is 32.8 Å². The maximum atomic E-state index is 12.2. The fourth-order valence-corrected chi connectivity index (χ4v) is 2.36. The van der Waals surface area contributed by atoms with E-state index in [1.54, 1.807) is 0 Å². The Morgan fingerprint density at radius 3 is 2.68 bits per heavy atom. The summed E-state index contributed by atoms with van der Waals surface area (Å²) in [6.45, 7) is 8.82. The van der Waals surface area contributed by atoms with E-state index in [0.717, 1.165) is 29.6 Å². The summed E-state index contributed by atoms with van der Waals surface area (Å²) >= 11 is 0. The molecule has 0 aliphatic rings. The number of anilines is 1. The largest absolute Gasteiger partial charge is 0.320 e. The number of hydrogen-bond acceptors (Lipinski definition) is 3. The first-order chi connectivity index (χ1) is 9.97. The van der Waals surface area contributed by atoms with Gasteiger partial charge in [-0.3, -0.25) is 10.1 Å². The Kier molecular flexibility index (Phi) is 6.38. The van der Waals surface area contributed by atoms with Gasteiger partial charge in [-0.2, -0.15) is 0 Å². The molecule has 1 heterocycles. The van der Waals surface area contributed by atoms with E-state index in [2.05, 4.69) is 10.3 Å². The molecule has 1 aromatic carbocycles. The van der Waals surface area contributed by atoms with Crippen molar-refractivity contribution in [3.8, 4) is 0 Å². The van der Waals surface area contributed by atoms with E-state index >= 15 is 0 Å². The van der Waals surface area contributed by atoms with Crippen LogP contribution in [0.15, 0.2) is 18.2 Å². The van der Waals surface area contributed by atoms with Gasteiger partial charge in [-0.05, 0) is 37.5 Å². The fourth-order valence-electron chi connectivity index (χ4n) is 2.36. The van der Waals surface area contributed by atoms with Crippen LogP contribution in [0.25, 0.3) is 11.0 Å². The normalized spacial score (nSPS) is 13.5. The molecule has 0 aliphatic carbocycles. The number of hydrogen-bond donors (Lipinski definition) is 2. The lowest BCUT2D eigenvalue weighted by molar-refractivity contribution is -0.118. The number of imidazole rings is 1. The van der Waals surface area contributed by atoms with Crippen molar-refractivity contribution >= 4 is 35.3 Å². The Hall–Kier alpha value is -1.59. The van der Waals surface area contributed by atoms with Gasteiger partial charge in [-0.1, -0.05) is 26.3 Å². The Morgan fingerprint density at radius 2 is 2.09 bits per heavy atom. The number of carbonyl (C=O) groups excluding carboxylic acids is 1. The number of carbonyl (C=O) groups is 1. The second-order valence-electron chi connectivity index (χ2n) is 5.57. The van der Waals surface area contributed by atoms with Crippen molar-refractivity contribution in [3.05, 3.63) is 23.8 Å². The van der Waals surface area contributed by atoms with Gasteiger partial charge in [0.05, 0.1) is 17.1 Å². The molecule has 0 saturated carbocycles. The molecule has 2 atom stereocenters. The van der Waals surface area contributed by atoms with Crippen molar-refractivity contribution in [2.75, 3.05) is 5.32 Å². The van der Waals surface area contributed by atoms with Crippen LogP contribution in [0.3, 0.4) is 0 Å². The molecule has 5 nitrogen and oxygen atoms in total. The van der Waals surface area contributed by atoms with Gasteiger partial charge in [0.2, 0.25) is 11.9 Å². The summed E-state index contributed by atoms with van der Waals surface area (Å²) in [6.07, 6.45) is 0.873. The number of benzene rings is 1. The maximum absolute atomic E-state index is 12.2. The summed E-state index contributed by atoms with van der Waals surface area (Å²) in [4.78, 5) is 16.8. The number of aryl methyl sites for hydroxylation is 2. The number of nitrogens with zero attached hydrogens (tertiary/aromatic N) is 2. The third-order valence-corrected chi connectivity index (χ3v) is 4.01.